The number of hydrogen-bond acceptors (Lipinski definition) is 5. The van der Waals surface area contributed by atoms with Crippen LogP contribution in [-0.2, 0) is 17.8 Å². The first-order valence-corrected chi connectivity index (χ1v) is 12.5. The van der Waals surface area contributed by atoms with E-state index in [0.29, 0.717) is 46.6 Å². The van der Waals surface area contributed by atoms with Gasteiger partial charge in [0.25, 0.3) is 11.1 Å². The number of thioether (sulfide) groups is 1. The molecule has 180 valence electrons. The largest absolute Gasteiger partial charge is 0.493 e. The molecule has 1 fully saturated rings. The van der Waals surface area contributed by atoms with Crippen molar-refractivity contribution in [1.82, 2.24) is 4.90 Å². The molecule has 3 aromatic rings. The van der Waals surface area contributed by atoms with E-state index >= 15 is 0 Å². The van der Waals surface area contributed by atoms with Gasteiger partial charge in [0.2, 0.25) is 0 Å². The summed E-state index contributed by atoms with van der Waals surface area (Å²) in [7, 11) is 1.54. The number of rotatable bonds is 9. The number of benzene rings is 3. The van der Waals surface area contributed by atoms with Crippen LogP contribution in [0.2, 0.25) is 5.02 Å². The van der Waals surface area contributed by atoms with E-state index < -0.39 is 0 Å². The average molecular weight is 508 g/mol. The Kier molecular flexibility index (Phi) is 8.16. The van der Waals surface area contributed by atoms with Crippen LogP contribution in [0.5, 0.6) is 11.5 Å². The van der Waals surface area contributed by atoms with Gasteiger partial charge in [-0.2, -0.15) is 0 Å². The van der Waals surface area contributed by atoms with E-state index in [4.69, 9.17) is 21.1 Å². The Hall–Kier alpha value is -3.22. The molecule has 1 aliphatic rings. The molecule has 1 heterocycles. The first-order valence-electron chi connectivity index (χ1n) is 11.3. The molecular weight excluding hydrogens is 482 g/mol. The lowest BCUT2D eigenvalue weighted by molar-refractivity contribution is -0.122. The third-order valence-corrected chi connectivity index (χ3v) is 6.77. The monoisotopic (exact) mass is 507 g/mol. The van der Waals surface area contributed by atoms with Gasteiger partial charge in [0, 0.05) is 6.54 Å². The molecule has 4 rings (SSSR count). The molecule has 0 unspecified atom stereocenters. The second-order valence-corrected chi connectivity index (χ2v) is 9.63. The van der Waals surface area contributed by atoms with Crippen molar-refractivity contribution in [2.75, 3.05) is 13.7 Å². The van der Waals surface area contributed by atoms with Crippen LogP contribution < -0.4 is 9.47 Å². The highest BCUT2D eigenvalue weighted by molar-refractivity contribution is 8.18. The van der Waals surface area contributed by atoms with Crippen molar-refractivity contribution >= 4 is 40.6 Å². The van der Waals surface area contributed by atoms with Gasteiger partial charge in [0.15, 0.2) is 11.5 Å². The summed E-state index contributed by atoms with van der Waals surface area (Å²) in [5, 5.41) is 0.107. The summed E-state index contributed by atoms with van der Waals surface area (Å²) in [6.45, 7) is 2.75. The number of halogens is 1. The zero-order valence-electron chi connectivity index (χ0n) is 19.6. The van der Waals surface area contributed by atoms with Gasteiger partial charge in [0.05, 0.1) is 17.0 Å². The van der Waals surface area contributed by atoms with Gasteiger partial charge < -0.3 is 9.47 Å². The van der Waals surface area contributed by atoms with Gasteiger partial charge in [-0.05, 0) is 66.4 Å². The molecule has 0 radical (unpaired) electrons. The molecule has 0 aliphatic carbocycles. The Bertz CT molecular complexity index is 1260. The number of aryl methyl sites for hydroxylation is 2. The Morgan fingerprint density at radius 2 is 1.77 bits per heavy atom. The summed E-state index contributed by atoms with van der Waals surface area (Å²) in [6, 6.07) is 21.5. The quantitative estimate of drug-likeness (QED) is 0.295. The molecule has 0 N–H and O–H groups in total. The van der Waals surface area contributed by atoms with Crippen molar-refractivity contribution in [1.29, 1.82) is 0 Å². The maximum atomic E-state index is 12.9. The lowest BCUT2D eigenvalue weighted by Crippen LogP contribution is -2.29. The van der Waals surface area contributed by atoms with Crippen molar-refractivity contribution in [2.45, 2.75) is 26.4 Å². The Morgan fingerprint density at radius 1 is 1.00 bits per heavy atom. The molecule has 35 heavy (non-hydrogen) atoms. The number of hydrogen-bond donors (Lipinski definition) is 0. The maximum absolute atomic E-state index is 12.9. The Morgan fingerprint density at radius 3 is 2.51 bits per heavy atom. The minimum Gasteiger partial charge on any atom is -0.493 e. The first-order chi connectivity index (χ1) is 16.9. The second-order valence-electron chi connectivity index (χ2n) is 8.23. The summed E-state index contributed by atoms with van der Waals surface area (Å²) in [4.78, 5) is 27.0. The molecule has 0 atom stereocenters. The predicted molar refractivity (Wildman–Crippen MR) is 141 cm³/mol. The topological polar surface area (TPSA) is 55.8 Å². The summed E-state index contributed by atoms with van der Waals surface area (Å²) in [5.74, 6) is 0.600. The lowest BCUT2D eigenvalue weighted by Gasteiger charge is -2.14. The molecule has 0 spiro atoms. The maximum Gasteiger partial charge on any atom is 0.293 e. The van der Waals surface area contributed by atoms with Crippen LogP contribution >= 0.6 is 23.4 Å². The van der Waals surface area contributed by atoms with E-state index in [9.17, 15) is 9.59 Å². The minimum atomic E-state index is -0.289. The summed E-state index contributed by atoms with van der Waals surface area (Å²) >= 11 is 7.45. The van der Waals surface area contributed by atoms with Crippen molar-refractivity contribution in [3.8, 4) is 11.5 Å². The summed E-state index contributed by atoms with van der Waals surface area (Å²) in [5.41, 5.74) is 4.01. The molecule has 1 aliphatic heterocycles. The molecular formula is C28H26ClNO4S. The molecule has 7 heteroatoms. The van der Waals surface area contributed by atoms with Crippen molar-refractivity contribution in [3.63, 3.8) is 0 Å². The van der Waals surface area contributed by atoms with Gasteiger partial charge in [-0.15, -0.1) is 0 Å². The molecule has 3 aromatic carbocycles. The van der Waals surface area contributed by atoms with E-state index in [0.717, 1.165) is 29.3 Å². The van der Waals surface area contributed by atoms with Crippen LogP contribution in [-0.4, -0.2) is 29.7 Å². The first kappa shape index (κ1) is 24.9. The summed E-state index contributed by atoms with van der Waals surface area (Å²) < 4.78 is 11.4. The number of nitrogens with zero attached hydrogens (tertiary/aromatic N) is 1. The lowest BCUT2D eigenvalue weighted by atomic mass is 10.1. The molecule has 0 bridgehead atoms. The smallest absolute Gasteiger partial charge is 0.293 e. The summed E-state index contributed by atoms with van der Waals surface area (Å²) in [6.07, 6.45) is 3.18. The number of methoxy groups -OCH3 is 1. The minimum absolute atomic E-state index is 0.259. The highest BCUT2D eigenvalue weighted by Crippen LogP contribution is 2.39. The van der Waals surface area contributed by atoms with Gasteiger partial charge in [0.1, 0.15) is 6.61 Å². The average Bonchev–Trinajstić information content (AvgIpc) is 3.11. The van der Waals surface area contributed by atoms with E-state index in [1.54, 1.807) is 18.2 Å². The number of imide groups is 1. The SMILES string of the molecule is COc1cc(/C=C2/SC(=O)N(CCCc3ccccc3)C2=O)cc(Cl)c1OCc1cccc(C)c1. The predicted octanol–water partition coefficient (Wildman–Crippen LogP) is 6.91. The van der Waals surface area contributed by atoms with Crippen LogP contribution in [0.15, 0.2) is 71.6 Å². The highest BCUT2D eigenvalue weighted by Gasteiger charge is 2.34. The number of amides is 2. The van der Waals surface area contributed by atoms with Crippen LogP contribution in [0.1, 0.15) is 28.7 Å². The Labute approximate surface area is 214 Å². The zero-order valence-corrected chi connectivity index (χ0v) is 21.2. The highest BCUT2D eigenvalue weighted by atomic mass is 35.5. The number of carbonyl (C=O) groups excluding carboxylic acids is 2. The van der Waals surface area contributed by atoms with Crippen LogP contribution in [0.4, 0.5) is 4.79 Å². The molecule has 2 amide bonds. The normalized spacial score (nSPS) is 14.6. The van der Waals surface area contributed by atoms with Gasteiger partial charge in [-0.3, -0.25) is 14.5 Å². The molecule has 5 nitrogen and oxygen atoms in total. The van der Waals surface area contributed by atoms with E-state index in [1.807, 2.05) is 61.5 Å². The van der Waals surface area contributed by atoms with Crippen molar-refractivity contribution in [2.24, 2.45) is 0 Å². The molecule has 0 aromatic heterocycles. The number of ether oxygens (including phenoxy) is 2. The van der Waals surface area contributed by atoms with Crippen LogP contribution in [0.3, 0.4) is 0 Å². The van der Waals surface area contributed by atoms with Gasteiger partial charge >= 0.3 is 0 Å². The molecule has 0 saturated carbocycles. The van der Waals surface area contributed by atoms with Crippen molar-refractivity contribution < 1.29 is 19.1 Å². The standard InChI is InChI=1S/C28H26ClNO4S/c1-19-8-6-11-21(14-19)18-34-26-23(29)15-22(16-24(26)33-2)17-25-27(31)30(28(32)35-25)13-7-12-20-9-4-3-5-10-20/h3-6,8-11,14-17H,7,12-13,18H2,1-2H3/b25-17+. The van der Waals surface area contributed by atoms with E-state index in [-0.39, 0.29) is 11.1 Å². The Balaban J connectivity index is 1.45. The fraction of sp³-hybridized carbons (Fsp3) is 0.214. The zero-order chi connectivity index (χ0) is 24.8. The van der Waals surface area contributed by atoms with Crippen molar-refractivity contribution in [3.05, 3.63) is 98.9 Å². The van der Waals surface area contributed by atoms with Crippen LogP contribution in [0, 0.1) is 6.92 Å². The van der Waals surface area contributed by atoms with Gasteiger partial charge in [-0.1, -0.05) is 71.8 Å². The third kappa shape index (κ3) is 6.27. The van der Waals surface area contributed by atoms with E-state index in [2.05, 4.69) is 0 Å². The third-order valence-electron chi connectivity index (χ3n) is 5.58. The number of carbonyl (C=O) groups is 2. The molecule has 1 saturated heterocycles. The van der Waals surface area contributed by atoms with E-state index in [1.165, 1.54) is 17.6 Å². The van der Waals surface area contributed by atoms with Gasteiger partial charge in [-0.25, -0.2) is 0 Å². The second kappa shape index (κ2) is 11.5. The fourth-order valence-corrected chi connectivity index (χ4v) is 4.99. The van der Waals surface area contributed by atoms with Crippen LogP contribution in [0.25, 0.3) is 6.08 Å². The fourth-order valence-electron chi connectivity index (χ4n) is 3.85.